The van der Waals surface area contributed by atoms with Crippen molar-refractivity contribution in [2.24, 2.45) is 0 Å². The highest BCUT2D eigenvalue weighted by Gasteiger charge is 2.19. The number of aromatic hydroxyl groups is 1. The summed E-state index contributed by atoms with van der Waals surface area (Å²) < 4.78 is 13.2. The summed E-state index contributed by atoms with van der Waals surface area (Å²) in [5, 5.41) is 11.2. The van der Waals surface area contributed by atoms with Gasteiger partial charge < -0.3 is 19.1 Å². The van der Waals surface area contributed by atoms with Crippen LogP contribution in [0.5, 0.6) is 17.2 Å². The van der Waals surface area contributed by atoms with E-state index in [0.29, 0.717) is 29.8 Å². The van der Waals surface area contributed by atoms with E-state index in [2.05, 4.69) is 6.92 Å². The molecule has 0 aliphatic heterocycles. The van der Waals surface area contributed by atoms with Gasteiger partial charge in [-0.05, 0) is 38.0 Å². The van der Waals surface area contributed by atoms with Gasteiger partial charge in [0.25, 0.3) is 5.56 Å². The lowest BCUT2D eigenvalue weighted by Crippen LogP contribution is -2.24. The molecule has 0 unspecified atom stereocenters. The Balaban J connectivity index is 2.03. The fourth-order valence-electron chi connectivity index (χ4n) is 3.10. The van der Waals surface area contributed by atoms with Crippen LogP contribution in [0.15, 0.2) is 53.3 Å². The normalized spacial score (nSPS) is 11.1. The second-order valence-corrected chi connectivity index (χ2v) is 7.11. The number of fused-ring (bicyclic) bond motifs is 1. The predicted octanol–water partition coefficient (Wildman–Crippen LogP) is 4.87. The molecule has 1 aromatic heterocycles. The first-order valence-corrected chi connectivity index (χ1v) is 9.74. The SMILES string of the molecule is CCCCn1c(=O)c(OC(C)C)c(O)c2ccc(OCc3ccccc3)cc21. The Morgan fingerprint density at radius 3 is 2.54 bits per heavy atom. The fraction of sp³-hybridized carbons (Fsp3) is 0.348. The van der Waals surface area contributed by atoms with Gasteiger partial charge in [0, 0.05) is 18.0 Å². The lowest BCUT2D eigenvalue weighted by atomic mass is 10.1. The van der Waals surface area contributed by atoms with Crippen molar-refractivity contribution in [3.8, 4) is 17.2 Å². The van der Waals surface area contributed by atoms with E-state index in [4.69, 9.17) is 9.47 Å². The van der Waals surface area contributed by atoms with Gasteiger partial charge in [-0.25, -0.2) is 0 Å². The molecule has 2 aromatic carbocycles. The molecule has 0 spiro atoms. The van der Waals surface area contributed by atoms with Gasteiger partial charge in [0.2, 0.25) is 5.75 Å². The number of hydrogen-bond acceptors (Lipinski definition) is 4. The summed E-state index contributed by atoms with van der Waals surface area (Å²) in [6, 6.07) is 15.3. The first-order chi connectivity index (χ1) is 13.5. The van der Waals surface area contributed by atoms with Crippen molar-refractivity contribution >= 4 is 10.9 Å². The molecule has 3 aromatic rings. The zero-order valence-corrected chi connectivity index (χ0v) is 16.6. The van der Waals surface area contributed by atoms with E-state index in [1.54, 1.807) is 16.7 Å². The van der Waals surface area contributed by atoms with Crippen LogP contribution >= 0.6 is 0 Å². The molecule has 1 N–H and O–H groups in total. The second kappa shape index (κ2) is 8.83. The maximum atomic E-state index is 13.0. The molecule has 0 radical (unpaired) electrons. The van der Waals surface area contributed by atoms with Crippen LogP contribution in [0.1, 0.15) is 39.2 Å². The number of rotatable bonds is 8. The fourth-order valence-corrected chi connectivity index (χ4v) is 3.10. The largest absolute Gasteiger partial charge is 0.504 e. The van der Waals surface area contributed by atoms with E-state index >= 15 is 0 Å². The van der Waals surface area contributed by atoms with Gasteiger partial charge in [0.1, 0.15) is 12.4 Å². The quantitative estimate of drug-likeness (QED) is 0.604. The van der Waals surface area contributed by atoms with Crippen LogP contribution in [0, 0.1) is 0 Å². The molecular weight excluding hydrogens is 354 g/mol. The molecular formula is C23H27NO4. The molecule has 28 heavy (non-hydrogen) atoms. The maximum Gasteiger partial charge on any atom is 0.297 e. The van der Waals surface area contributed by atoms with Gasteiger partial charge in [0.15, 0.2) is 5.75 Å². The van der Waals surface area contributed by atoms with Gasteiger partial charge in [0.05, 0.1) is 11.6 Å². The zero-order valence-electron chi connectivity index (χ0n) is 16.6. The minimum Gasteiger partial charge on any atom is -0.504 e. The van der Waals surface area contributed by atoms with Crippen LogP contribution in [0.3, 0.4) is 0 Å². The summed E-state index contributed by atoms with van der Waals surface area (Å²) in [4.78, 5) is 13.0. The second-order valence-electron chi connectivity index (χ2n) is 7.11. The van der Waals surface area contributed by atoms with Crippen molar-refractivity contribution in [1.82, 2.24) is 4.57 Å². The highest BCUT2D eigenvalue weighted by Crippen LogP contribution is 2.34. The Morgan fingerprint density at radius 1 is 1.11 bits per heavy atom. The van der Waals surface area contributed by atoms with E-state index in [0.717, 1.165) is 18.4 Å². The van der Waals surface area contributed by atoms with E-state index in [1.165, 1.54) is 0 Å². The van der Waals surface area contributed by atoms with Crippen LogP contribution < -0.4 is 15.0 Å². The van der Waals surface area contributed by atoms with Crippen LogP contribution in [-0.2, 0) is 13.2 Å². The highest BCUT2D eigenvalue weighted by molar-refractivity contribution is 5.88. The standard InChI is InChI=1S/C23H27NO4/c1-4-5-13-24-20-14-18(27-15-17-9-7-6-8-10-17)11-12-19(20)21(25)22(23(24)26)28-16(2)3/h6-12,14,16,25H,4-5,13,15H2,1-3H3. The number of pyridine rings is 1. The first kappa shape index (κ1) is 19.8. The lowest BCUT2D eigenvalue weighted by Gasteiger charge is -2.17. The topological polar surface area (TPSA) is 60.7 Å². The van der Waals surface area contributed by atoms with Crippen molar-refractivity contribution in [3.05, 3.63) is 64.4 Å². The monoisotopic (exact) mass is 381 g/mol. The van der Waals surface area contributed by atoms with Gasteiger partial charge in [-0.2, -0.15) is 0 Å². The van der Waals surface area contributed by atoms with E-state index in [1.807, 2.05) is 50.2 Å². The van der Waals surface area contributed by atoms with Crippen LogP contribution in [0.25, 0.3) is 10.9 Å². The minimum atomic E-state index is -0.313. The Bertz CT molecular complexity index is 993. The summed E-state index contributed by atoms with van der Waals surface area (Å²) >= 11 is 0. The molecule has 148 valence electrons. The first-order valence-electron chi connectivity index (χ1n) is 9.74. The predicted molar refractivity (Wildman–Crippen MR) is 111 cm³/mol. The van der Waals surface area contributed by atoms with E-state index in [-0.39, 0.29) is 23.2 Å². The number of aryl methyl sites for hydroxylation is 1. The van der Waals surface area contributed by atoms with Crippen LogP contribution in [0.4, 0.5) is 0 Å². The molecule has 0 aliphatic carbocycles. The van der Waals surface area contributed by atoms with Gasteiger partial charge >= 0.3 is 0 Å². The Labute approximate surface area is 165 Å². The van der Waals surface area contributed by atoms with Crippen molar-refractivity contribution in [3.63, 3.8) is 0 Å². The van der Waals surface area contributed by atoms with E-state index < -0.39 is 0 Å². The summed E-state index contributed by atoms with van der Waals surface area (Å²) in [6.07, 6.45) is 1.61. The number of nitrogens with zero attached hydrogens (tertiary/aromatic N) is 1. The minimum absolute atomic E-state index is 0.0107. The number of unbranched alkanes of at least 4 members (excludes halogenated alkanes) is 1. The van der Waals surface area contributed by atoms with Gasteiger partial charge in [-0.3, -0.25) is 4.79 Å². The average molecular weight is 381 g/mol. The van der Waals surface area contributed by atoms with Crippen LogP contribution in [-0.4, -0.2) is 15.8 Å². The molecule has 5 heteroatoms. The molecule has 5 nitrogen and oxygen atoms in total. The Kier molecular flexibility index (Phi) is 6.24. The van der Waals surface area contributed by atoms with Crippen molar-refractivity contribution in [2.75, 3.05) is 0 Å². The third-order valence-corrected chi connectivity index (χ3v) is 4.51. The highest BCUT2D eigenvalue weighted by atomic mass is 16.5. The number of aromatic nitrogens is 1. The smallest absolute Gasteiger partial charge is 0.297 e. The lowest BCUT2D eigenvalue weighted by molar-refractivity contribution is 0.227. The Hall–Kier alpha value is -2.95. The maximum absolute atomic E-state index is 13.0. The molecule has 1 heterocycles. The van der Waals surface area contributed by atoms with Crippen LogP contribution in [0.2, 0.25) is 0 Å². The molecule has 3 rings (SSSR count). The number of benzene rings is 2. The number of ether oxygens (including phenoxy) is 2. The van der Waals surface area contributed by atoms with Crippen molar-refractivity contribution in [1.29, 1.82) is 0 Å². The summed E-state index contributed by atoms with van der Waals surface area (Å²) in [7, 11) is 0. The molecule has 0 atom stereocenters. The molecule has 0 amide bonds. The van der Waals surface area contributed by atoms with Crippen molar-refractivity contribution < 1.29 is 14.6 Å². The molecule has 0 aliphatic rings. The Morgan fingerprint density at radius 2 is 1.86 bits per heavy atom. The molecule has 0 bridgehead atoms. The zero-order chi connectivity index (χ0) is 20.1. The molecule has 0 saturated carbocycles. The third-order valence-electron chi connectivity index (χ3n) is 4.51. The molecule has 0 saturated heterocycles. The summed E-state index contributed by atoms with van der Waals surface area (Å²) in [5.74, 6) is 0.547. The van der Waals surface area contributed by atoms with Crippen molar-refractivity contribution in [2.45, 2.75) is 52.9 Å². The third kappa shape index (κ3) is 4.30. The summed E-state index contributed by atoms with van der Waals surface area (Å²) in [6.45, 7) is 6.74. The average Bonchev–Trinajstić information content (AvgIpc) is 2.70. The van der Waals surface area contributed by atoms with E-state index in [9.17, 15) is 9.90 Å². The van der Waals surface area contributed by atoms with Gasteiger partial charge in [-0.1, -0.05) is 43.7 Å². The van der Waals surface area contributed by atoms with Gasteiger partial charge in [-0.15, -0.1) is 0 Å². The molecule has 0 fully saturated rings. The number of hydrogen-bond donors (Lipinski definition) is 1. The summed E-state index contributed by atoms with van der Waals surface area (Å²) in [5.41, 5.74) is 1.40.